The molecule has 1 aliphatic heterocycles. The van der Waals surface area contributed by atoms with Crippen molar-refractivity contribution in [2.75, 3.05) is 0 Å². The Kier molecular flexibility index (Phi) is 3.65. The summed E-state index contributed by atoms with van der Waals surface area (Å²) >= 11 is 0. The molecule has 98 valence electrons. The summed E-state index contributed by atoms with van der Waals surface area (Å²) in [5.74, 6) is 1.12. The second-order valence-electron chi connectivity index (χ2n) is 5.52. The summed E-state index contributed by atoms with van der Waals surface area (Å²) in [4.78, 5) is 0. The van der Waals surface area contributed by atoms with Gasteiger partial charge in [0.2, 0.25) is 0 Å². The highest BCUT2D eigenvalue weighted by Gasteiger charge is 2.23. The number of aromatic hydroxyl groups is 1. The first kappa shape index (κ1) is 13.0. The lowest BCUT2D eigenvalue weighted by molar-refractivity contribution is 0.158. The van der Waals surface area contributed by atoms with Crippen molar-refractivity contribution >= 4 is 6.08 Å². The molecule has 0 spiro atoms. The molecule has 2 nitrogen and oxygen atoms in total. The van der Waals surface area contributed by atoms with Crippen molar-refractivity contribution in [3.05, 3.63) is 29.3 Å². The van der Waals surface area contributed by atoms with E-state index in [1.165, 1.54) is 12.8 Å². The first-order chi connectivity index (χ1) is 8.52. The van der Waals surface area contributed by atoms with Gasteiger partial charge in [-0.25, -0.2) is 0 Å². The number of hydrogen-bond acceptors (Lipinski definition) is 2. The summed E-state index contributed by atoms with van der Waals surface area (Å²) in [7, 11) is 0. The molecule has 0 radical (unpaired) electrons. The van der Waals surface area contributed by atoms with Crippen LogP contribution in [0.15, 0.2) is 18.2 Å². The van der Waals surface area contributed by atoms with Gasteiger partial charge in [0.05, 0.1) is 5.56 Å². The van der Waals surface area contributed by atoms with Gasteiger partial charge in [0, 0.05) is 0 Å². The maximum Gasteiger partial charge on any atom is 0.131 e. The minimum Gasteiger partial charge on any atom is -0.507 e. The Labute approximate surface area is 109 Å². The maximum absolute atomic E-state index is 10.0. The summed E-state index contributed by atoms with van der Waals surface area (Å²) in [6, 6.07) is 3.93. The Morgan fingerprint density at radius 1 is 1.22 bits per heavy atom. The molecule has 2 heteroatoms. The summed E-state index contributed by atoms with van der Waals surface area (Å²) in [5, 5.41) is 10.0. The van der Waals surface area contributed by atoms with Crippen LogP contribution < -0.4 is 4.74 Å². The number of fused-ring (bicyclic) bond motifs is 1. The van der Waals surface area contributed by atoms with Crippen LogP contribution in [-0.4, -0.2) is 10.7 Å². The van der Waals surface area contributed by atoms with Crippen molar-refractivity contribution in [3.8, 4) is 11.5 Å². The van der Waals surface area contributed by atoms with E-state index in [0.29, 0.717) is 5.75 Å². The van der Waals surface area contributed by atoms with Crippen LogP contribution in [0.4, 0.5) is 0 Å². The SMILES string of the molecule is CCCCCc1cc(O)c2c(c1)OC(C)(C)C=C2. The smallest absolute Gasteiger partial charge is 0.131 e. The Morgan fingerprint density at radius 2 is 2.00 bits per heavy atom. The lowest BCUT2D eigenvalue weighted by atomic mass is 9.98. The van der Waals surface area contributed by atoms with Crippen molar-refractivity contribution in [2.45, 2.75) is 52.1 Å². The van der Waals surface area contributed by atoms with Crippen molar-refractivity contribution in [1.29, 1.82) is 0 Å². The Balaban J connectivity index is 2.23. The molecule has 1 N–H and O–H groups in total. The van der Waals surface area contributed by atoms with E-state index in [1.807, 2.05) is 32.1 Å². The summed E-state index contributed by atoms with van der Waals surface area (Å²) < 4.78 is 5.90. The first-order valence-corrected chi connectivity index (χ1v) is 6.76. The lowest BCUT2D eigenvalue weighted by Crippen LogP contribution is -2.27. The molecule has 0 saturated carbocycles. The average Bonchev–Trinajstić information content (AvgIpc) is 2.27. The molecule has 1 aromatic rings. The molecule has 1 heterocycles. The van der Waals surface area contributed by atoms with E-state index in [1.54, 1.807) is 0 Å². The fourth-order valence-electron chi connectivity index (χ4n) is 2.24. The van der Waals surface area contributed by atoms with E-state index in [4.69, 9.17) is 4.74 Å². The van der Waals surface area contributed by atoms with E-state index in [2.05, 4.69) is 13.0 Å². The molecule has 0 saturated heterocycles. The zero-order chi connectivity index (χ0) is 13.2. The van der Waals surface area contributed by atoms with E-state index in [9.17, 15) is 5.11 Å². The standard InChI is InChI=1S/C16H22O2/c1-4-5-6-7-12-10-14(17)13-8-9-16(2,3)18-15(13)11-12/h8-11,17H,4-7H2,1-3H3. The zero-order valence-electron chi connectivity index (χ0n) is 11.5. The third-order valence-corrected chi connectivity index (χ3v) is 3.27. The summed E-state index contributed by atoms with van der Waals surface area (Å²) in [6.45, 7) is 6.24. The normalized spacial score (nSPS) is 16.2. The van der Waals surface area contributed by atoms with Crippen molar-refractivity contribution < 1.29 is 9.84 Å². The third kappa shape index (κ3) is 2.87. The first-order valence-electron chi connectivity index (χ1n) is 6.76. The molecule has 0 atom stereocenters. The number of unbranched alkanes of at least 4 members (excludes halogenated alkanes) is 2. The van der Waals surface area contributed by atoms with Crippen LogP contribution in [0.25, 0.3) is 6.08 Å². The van der Waals surface area contributed by atoms with Gasteiger partial charge in [-0.3, -0.25) is 0 Å². The monoisotopic (exact) mass is 246 g/mol. The Morgan fingerprint density at radius 3 is 2.72 bits per heavy atom. The Bertz CT molecular complexity index is 458. The Hall–Kier alpha value is -1.44. The van der Waals surface area contributed by atoms with Gasteiger partial charge in [-0.1, -0.05) is 19.8 Å². The molecule has 0 aromatic heterocycles. The fourth-order valence-corrected chi connectivity index (χ4v) is 2.24. The minimum atomic E-state index is -0.290. The topological polar surface area (TPSA) is 29.5 Å². The molecule has 0 fully saturated rings. The number of benzene rings is 1. The number of rotatable bonds is 4. The second-order valence-corrected chi connectivity index (χ2v) is 5.52. The minimum absolute atomic E-state index is 0.290. The van der Waals surface area contributed by atoms with Crippen LogP contribution >= 0.6 is 0 Å². The van der Waals surface area contributed by atoms with Gasteiger partial charge in [-0.05, 0) is 56.5 Å². The van der Waals surface area contributed by atoms with Crippen molar-refractivity contribution in [3.63, 3.8) is 0 Å². The number of phenolic OH excluding ortho intramolecular Hbond substituents is 1. The number of hydrogen-bond donors (Lipinski definition) is 1. The van der Waals surface area contributed by atoms with E-state index < -0.39 is 0 Å². The molecule has 0 unspecified atom stereocenters. The van der Waals surface area contributed by atoms with E-state index >= 15 is 0 Å². The van der Waals surface area contributed by atoms with Gasteiger partial charge < -0.3 is 9.84 Å². The zero-order valence-corrected chi connectivity index (χ0v) is 11.5. The lowest BCUT2D eigenvalue weighted by Gasteiger charge is -2.28. The highest BCUT2D eigenvalue weighted by Crippen LogP contribution is 2.37. The average molecular weight is 246 g/mol. The predicted molar refractivity (Wildman–Crippen MR) is 75.1 cm³/mol. The van der Waals surface area contributed by atoms with Crippen LogP contribution in [0.1, 0.15) is 51.2 Å². The number of aryl methyl sites for hydroxylation is 1. The quantitative estimate of drug-likeness (QED) is 0.802. The molecule has 0 aliphatic carbocycles. The largest absolute Gasteiger partial charge is 0.507 e. The van der Waals surface area contributed by atoms with Crippen molar-refractivity contribution in [2.24, 2.45) is 0 Å². The summed E-state index contributed by atoms with van der Waals surface area (Å²) in [6.07, 6.45) is 8.53. The second kappa shape index (κ2) is 5.05. The van der Waals surface area contributed by atoms with E-state index in [0.717, 1.165) is 29.7 Å². The molecule has 18 heavy (non-hydrogen) atoms. The van der Waals surface area contributed by atoms with Gasteiger partial charge in [0.1, 0.15) is 17.1 Å². The molecular weight excluding hydrogens is 224 g/mol. The van der Waals surface area contributed by atoms with Crippen LogP contribution in [0, 0.1) is 0 Å². The highest BCUT2D eigenvalue weighted by atomic mass is 16.5. The predicted octanol–water partition coefficient (Wildman–Crippen LogP) is 4.31. The van der Waals surface area contributed by atoms with Gasteiger partial charge >= 0.3 is 0 Å². The van der Waals surface area contributed by atoms with Gasteiger partial charge in [0.25, 0.3) is 0 Å². The van der Waals surface area contributed by atoms with E-state index in [-0.39, 0.29) is 5.60 Å². The fraction of sp³-hybridized carbons (Fsp3) is 0.500. The maximum atomic E-state index is 10.0. The third-order valence-electron chi connectivity index (χ3n) is 3.27. The highest BCUT2D eigenvalue weighted by molar-refractivity contribution is 5.67. The molecule has 1 aromatic carbocycles. The molecular formula is C16H22O2. The van der Waals surface area contributed by atoms with Gasteiger partial charge in [0.15, 0.2) is 0 Å². The van der Waals surface area contributed by atoms with Gasteiger partial charge in [-0.15, -0.1) is 0 Å². The van der Waals surface area contributed by atoms with Crippen LogP contribution in [0.2, 0.25) is 0 Å². The molecule has 2 rings (SSSR count). The molecule has 0 amide bonds. The van der Waals surface area contributed by atoms with Gasteiger partial charge in [-0.2, -0.15) is 0 Å². The number of phenols is 1. The van der Waals surface area contributed by atoms with Crippen LogP contribution in [0.3, 0.4) is 0 Å². The molecule has 0 bridgehead atoms. The summed E-state index contributed by atoms with van der Waals surface area (Å²) in [5.41, 5.74) is 1.67. The van der Waals surface area contributed by atoms with Crippen LogP contribution in [-0.2, 0) is 6.42 Å². The number of ether oxygens (including phenoxy) is 1. The van der Waals surface area contributed by atoms with Crippen molar-refractivity contribution in [1.82, 2.24) is 0 Å². The van der Waals surface area contributed by atoms with Crippen LogP contribution in [0.5, 0.6) is 11.5 Å². The molecule has 1 aliphatic rings.